The molecule has 0 unspecified atom stereocenters. The number of aromatic nitrogens is 4. The van der Waals surface area contributed by atoms with Crippen LogP contribution in [-0.2, 0) is 0 Å². The van der Waals surface area contributed by atoms with E-state index in [9.17, 15) is 0 Å². The lowest BCUT2D eigenvalue weighted by molar-refractivity contribution is 0.478. The Hall–Kier alpha value is -2.47. The van der Waals surface area contributed by atoms with Gasteiger partial charge in [-0.3, -0.25) is 5.10 Å². The highest BCUT2D eigenvalue weighted by Crippen LogP contribution is 2.24. The van der Waals surface area contributed by atoms with Crippen molar-refractivity contribution >= 4 is 16.9 Å². The Morgan fingerprint density at radius 3 is 2.91 bits per heavy atom. The molecule has 3 aromatic heterocycles. The molecule has 4 rings (SSSR count). The zero-order chi connectivity index (χ0) is 14.8. The van der Waals surface area contributed by atoms with Crippen molar-refractivity contribution in [2.45, 2.75) is 18.9 Å². The largest absolute Gasteiger partial charge is 0.367 e. The summed E-state index contributed by atoms with van der Waals surface area (Å²) in [5.74, 6) is 0.913. The number of hydrogen-bond acceptors (Lipinski definition) is 5. The molecule has 0 radical (unpaired) electrons. The van der Waals surface area contributed by atoms with Crippen molar-refractivity contribution in [3.05, 3.63) is 36.5 Å². The minimum absolute atomic E-state index is 0.490. The average Bonchev–Trinajstić information content (AvgIpc) is 3.00. The van der Waals surface area contributed by atoms with Crippen LogP contribution in [0.5, 0.6) is 0 Å². The number of anilines is 1. The van der Waals surface area contributed by atoms with E-state index in [1.807, 2.05) is 30.3 Å². The molecule has 0 bridgehead atoms. The van der Waals surface area contributed by atoms with Crippen LogP contribution < -0.4 is 10.6 Å². The van der Waals surface area contributed by atoms with Gasteiger partial charge in [-0.05, 0) is 50.2 Å². The summed E-state index contributed by atoms with van der Waals surface area (Å²) < 4.78 is 0. The molecular weight excluding hydrogens is 276 g/mol. The van der Waals surface area contributed by atoms with E-state index in [1.54, 1.807) is 6.20 Å². The molecule has 1 aliphatic heterocycles. The molecule has 0 spiro atoms. The lowest BCUT2D eigenvalue weighted by Crippen LogP contribution is -2.35. The van der Waals surface area contributed by atoms with Crippen molar-refractivity contribution in [3.8, 4) is 11.4 Å². The maximum absolute atomic E-state index is 4.73. The summed E-state index contributed by atoms with van der Waals surface area (Å²) >= 11 is 0. The van der Waals surface area contributed by atoms with E-state index in [4.69, 9.17) is 4.98 Å². The number of H-pyrrole nitrogens is 1. The van der Waals surface area contributed by atoms with Crippen molar-refractivity contribution in [1.82, 2.24) is 25.5 Å². The van der Waals surface area contributed by atoms with E-state index in [2.05, 4.69) is 25.8 Å². The van der Waals surface area contributed by atoms with Crippen LogP contribution in [0.1, 0.15) is 12.8 Å². The van der Waals surface area contributed by atoms with Gasteiger partial charge in [-0.25, -0.2) is 9.97 Å². The van der Waals surface area contributed by atoms with Gasteiger partial charge in [0.05, 0.1) is 11.4 Å². The second kappa shape index (κ2) is 5.73. The number of nitrogens with zero attached hydrogens (tertiary/aromatic N) is 3. The Morgan fingerprint density at radius 2 is 2.00 bits per heavy atom. The van der Waals surface area contributed by atoms with Crippen LogP contribution in [0.2, 0.25) is 0 Å². The molecule has 0 aliphatic carbocycles. The Kier molecular flexibility index (Phi) is 3.44. The Balaban J connectivity index is 1.63. The molecule has 22 heavy (non-hydrogen) atoms. The van der Waals surface area contributed by atoms with Crippen molar-refractivity contribution in [2.24, 2.45) is 0 Å². The van der Waals surface area contributed by atoms with Gasteiger partial charge in [0.1, 0.15) is 5.82 Å². The summed E-state index contributed by atoms with van der Waals surface area (Å²) in [5, 5.41) is 15.2. The van der Waals surface area contributed by atoms with Crippen LogP contribution in [0, 0.1) is 0 Å². The third-order valence-electron chi connectivity index (χ3n) is 4.03. The van der Waals surface area contributed by atoms with Crippen molar-refractivity contribution in [1.29, 1.82) is 0 Å². The maximum Gasteiger partial charge on any atom is 0.181 e. The number of fused-ring (bicyclic) bond motifs is 1. The SMILES string of the molecule is c1cc(NC2CCNCC2)nc(-c2[nH]nc3ncccc23)c1. The van der Waals surface area contributed by atoms with E-state index in [-0.39, 0.29) is 0 Å². The monoisotopic (exact) mass is 294 g/mol. The quantitative estimate of drug-likeness (QED) is 0.690. The molecule has 4 heterocycles. The first-order valence-corrected chi connectivity index (χ1v) is 7.64. The van der Waals surface area contributed by atoms with Gasteiger partial charge in [0.15, 0.2) is 5.65 Å². The highest BCUT2D eigenvalue weighted by atomic mass is 15.2. The summed E-state index contributed by atoms with van der Waals surface area (Å²) in [6, 6.07) is 10.4. The number of piperidine rings is 1. The first-order valence-electron chi connectivity index (χ1n) is 7.64. The van der Waals surface area contributed by atoms with Crippen LogP contribution in [0.3, 0.4) is 0 Å². The molecule has 1 aliphatic rings. The fraction of sp³-hybridized carbons (Fsp3) is 0.312. The molecule has 3 N–H and O–H groups in total. The highest BCUT2D eigenvalue weighted by molar-refractivity contribution is 5.89. The Bertz CT molecular complexity index is 775. The van der Waals surface area contributed by atoms with Gasteiger partial charge < -0.3 is 10.6 Å². The number of aromatic amines is 1. The molecule has 0 saturated carbocycles. The number of rotatable bonds is 3. The lowest BCUT2D eigenvalue weighted by atomic mass is 10.1. The van der Waals surface area contributed by atoms with E-state index in [0.717, 1.165) is 54.2 Å². The number of pyridine rings is 2. The van der Waals surface area contributed by atoms with Gasteiger partial charge in [-0.1, -0.05) is 6.07 Å². The third kappa shape index (κ3) is 2.53. The number of nitrogens with one attached hydrogen (secondary N) is 3. The standard InChI is InChI=1S/C16H18N6/c1-4-13(15-12-3-2-8-18-16(12)22-21-15)20-14(5-1)19-11-6-9-17-10-7-11/h1-5,8,11,17H,6-7,9-10H2,(H,19,20)(H,18,21,22). The predicted octanol–water partition coefficient (Wildman–Crippen LogP) is 2.18. The normalized spacial score (nSPS) is 16.0. The maximum atomic E-state index is 4.73. The van der Waals surface area contributed by atoms with Crippen molar-refractivity contribution in [2.75, 3.05) is 18.4 Å². The second-order valence-corrected chi connectivity index (χ2v) is 5.55. The zero-order valence-electron chi connectivity index (χ0n) is 12.2. The van der Waals surface area contributed by atoms with Gasteiger partial charge in [0, 0.05) is 17.6 Å². The van der Waals surface area contributed by atoms with Gasteiger partial charge in [-0.15, -0.1) is 0 Å². The Morgan fingerprint density at radius 1 is 1.09 bits per heavy atom. The average molecular weight is 294 g/mol. The van der Waals surface area contributed by atoms with Gasteiger partial charge in [0.2, 0.25) is 0 Å². The van der Waals surface area contributed by atoms with Crippen molar-refractivity contribution in [3.63, 3.8) is 0 Å². The summed E-state index contributed by atoms with van der Waals surface area (Å²) in [7, 11) is 0. The van der Waals surface area contributed by atoms with Crippen LogP contribution >= 0.6 is 0 Å². The smallest absolute Gasteiger partial charge is 0.181 e. The van der Waals surface area contributed by atoms with Crippen LogP contribution in [-0.4, -0.2) is 39.3 Å². The molecular formula is C16H18N6. The summed E-state index contributed by atoms with van der Waals surface area (Å²) in [5.41, 5.74) is 2.52. The molecule has 6 nitrogen and oxygen atoms in total. The first kappa shape index (κ1) is 13.2. The Labute approximate surface area is 128 Å². The number of hydrogen-bond donors (Lipinski definition) is 3. The van der Waals surface area contributed by atoms with E-state index >= 15 is 0 Å². The topological polar surface area (TPSA) is 78.5 Å². The minimum atomic E-state index is 0.490. The molecule has 0 aromatic carbocycles. The molecule has 0 atom stereocenters. The molecule has 112 valence electrons. The fourth-order valence-electron chi connectivity index (χ4n) is 2.88. The van der Waals surface area contributed by atoms with Gasteiger partial charge in [-0.2, -0.15) is 5.10 Å². The van der Waals surface area contributed by atoms with E-state index in [1.165, 1.54) is 0 Å². The molecule has 6 heteroatoms. The minimum Gasteiger partial charge on any atom is -0.367 e. The lowest BCUT2D eigenvalue weighted by Gasteiger charge is -2.24. The van der Waals surface area contributed by atoms with Crippen LogP contribution in [0.25, 0.3) is 22.4 Å². The highest BCUT2D eigenvalue weighted by Gasteiger charge is 2.14. The molecule has 0 amide bonds. The second-order valence-electron chi connectivity index (χ2n) is 5.55. The zero-order valence-corrected chi connectivity index (χ0v) is 12.2. The molecule has 1 saturated heterocycles. The molecule has 1 fully saturated rings. The fourth-order valence-corrected chi connectivity index (χ4v) is 2.88. The van der Waals surface area contributed by atoms with Crippen LogP contribution in [0.15, 0.2) is 36.5 Å². The predicted molar refractivity (Wildman–Crippen MR) is 86.6 cm³/mol. The van der Waals surface area contributed by atoms with Crippen molar-refractivity contribution < 1.29 is 0 Å². The molecule has 3 aromatic rings. The summed E-state index contributed by atoms with van der Waals surface area (Å²) in [6.45, 7) is 2.13. The van der Waals surface area contributed by atoms with E-state index < -0.39 is 0 Å². The van der Waals surface area contributed by atoms with Crippen LogP contribution in [0.4, 0.5) is 5.82 Å². The third-order valence-corrected chi connectivity index (χ3v) is 4.03. The van der Waals surface area contributed by atoms with E-state index in [0.29, 0.717) is 6.04 Å². The first-order chi connectivity index (χ1) is 10.9. The summed E-state index contributed by atoms with van der Waals surface area (Å²) in [4.78, 5) is 8.98. The summed E-state index contributed by atoms with van der Waals surface area (Å²) in [6.07, 6.45) is 4.00. The van der Waals surface area contributed by atoms with Gasteiger partial charge in [0.25, 0.3) is 0 Å². The van der Waals surface area contributed by atoms with Gasteiger partial charge >= 0.3 is 0 Å².